The quantitative estimate of drug-likeness (QED) is 0.277. The zero-order valence-electron chi connectivity index (χ0n) is 23.5. The fourth-order valence-electron chi connectivity index (χ4n) is 4.76. The number of amides is 1. The van der Waals surface area contributed by atoms with Crippen LogP contribution < -0.4 is 20.5 Å². The maximum absolute atomic E-state index is 14.9. The Morgan fingerprint density at radius 3 is 2.44 bits per heavy atom. The molecule has 2 atom stereocenters. The lowest BCUT2D eigenvalue weighted by Gasteiger charge is -2.35. The molecule has 4 aromatic rings. The fourth-order valence-corrected chi connectivity index (χ4v) is 4.76. The number of carbonyl (C=O) groups excluding carboxylic acids is 1. The number of nitrogens with one attached hydrogen (secondary N) is 1. The predicted octanol–water partition coefficient (Wildman–Crippen LogP) is 4.66. The number of carbonyl (C=O) groups is 1. The van der Waals surface area contributed by atoms with Crippen LogP contribution in [0.2, 0.25) is 0 Å². The molecule has 0 aliphatic carbocycles. The van der Waals surface area contributed by atoms with Crippen molar-refractivity contribution in [2.75, 3.05) is 27.4 Å². The van der Waals surface area contributed by atoms with Gasteiger partial charge in [0.25, 0.3) is 11.8 Å². The standard InChI is InChI=1S/C29H27F4N5O5/c1-15-36-26(43-38-15)19-10-7-17(11-21(19)40-3)25(39)35-13-28(41-4,29(31,32)33)22-12-20-24(42-14-27(20,2)34)23(37-22)16-5-8-18(30)9-6-16/h5-12H,13-14,34H2,1-4H3,(H,35,39). The number of halogens is 4. The lowest BCUT2D eigenvalue weighted by atomic mass is 9.89. The van der Waals surface area contributed by atoms with Crippen molar-refractivity contribution in [2.45, 2.75) is 31.2 Å². The molecule has 1 amide bonds. The molecule has 0 radical (unpaired) electrons. The molecule has 226 valence electrons. The number of rotatable bonds is 8. The second kappa shape index (κ2) is 10.9. The molecule has 3 N–H and O–H groups in total. The summed E-state index contributed by atoms with van der Waals surface area (Å²) in [6.07, 6.45) is -5.06. The molecule has 5 rings (SSSR count). The minimum atomic E-state index is -5.06. The van der Waals surface area contributed by atoms with Crippen molar-refractivity contribution in [1.82, 2.24) is 20.4 Å². The normalized spacial score (nSPS) is 17.6. The van der Waals surface area contributed by atoms with Crippen LogP contribution in [0.1, 0.15) is 34.4 Å². The summed E-state index contributed by atoms with van der Waals surface area (Å²) < 4.78 is 79.8. The highest BCUT2D eigenvalue weighted by molar-refractivity contribution is 5.95. The van der Waals surface area contributed by atoms with Crippen molar-refractivity contribution in [2.24, 2.45) is 5.73 Å². The van der Waals surface area contributed by atoms with Gasteiger partial charge in [0.2, 0.25) is 5.60 Å². The first-order valence-corrected chi connectivity index (χ1v) is 12.9. The largest absolute Gasteiger partial charge is 0.496 e. The smallest absolute Gasteiger partial charge is 0.425 e. The maximum Gasteiger partial charge on any atom is 0.425 e. The summed E-state index contributed by atoms with van der Waals surface area (Å²) in [6.45, 7) is 2.16. The molecule has 0 saturated carbocycles. The van der Waals surface area contributed by atoms with E-state index in [4.69, 9.17) is 24.5 Å². The summed E-state index contributed by atoms with van der Waals surface area (Å²) in [4.78, 5) is 21.6. The van der Waals surface area contributed by atoms with E-state index < -0.39 is 41.3 Å². The third kappa shape index (κ3) is 5.39. The molecular formula is C29H27F4N5O5. The van der Waals surface area contributed by atoms with E-state index in [2.05, 4.69) is 20.4 Å². The fraction of sp³-hybridized carbons (Fsp3) is 0.310. The van der Waals surface area contributed by atoms with E-state index >= 15 is 0 Å². The Bertz CT molecular complexity index is 1670. The van der Waals surface area contributed by atoms with E-state index in [0.717, 1.165) is 19.2 Å². The number of ether oxygens (including phenoxy) is 3. The lowest BCUT2D eigenvalue weighted by molar-refractivity contribution is -0.275. The highest BCUT2D eigenvalue weighted by atomic mass is 19.4. The van der Waals surface area contributed by atoms with E-state index in [-0.39, 0.29) is 40.8 Å². The topological polar surface area (TPSA) is 135 Å². The van der Waals surface area contributed by atoms with Gasteiger partial charge in [-0.05, 0) is 62.4 Å². The number of hydrogen-bond acceptors (Lipinski definition) is 9. The molecule has 1 aliphatic rings. The molecule has 0 fully saturated rings. The Hall–Kier alpha value is -4.56. The molecule has 2 unspecified atom stereocenters. The maximum atomic E-state index is 14.9. The highest BCUT2D eigenvalue weighted by Gasteiger charge is 2.59. The number of methoxy groups -OCH3 is 2. The minimum absolute atomic E-state index is 0.000798. The predicted molar refractivity (Wildman–Crippen MR) is 145 cm³/mol. The van der Waals surface area contributed by atoms with Gasteiger partial charge >= 0.3 is 6.18 Å². The van der Waals surface area contributed by atoms with Gasteiger partial charge < -0.3 is 29.8 Å². The number of aromatic nitrogens is 3. The summed E-state index contributed by atoms with van der Waals surface area (Å²) in [5, 5.41) is 6.05. The van der Waals surface area contributed by atoms with E-state index in [1.54, 1.807) is 13.8 Å². The van der Waals surface area contributed by atoms with Crippen molar-refractivity contribution < 1.29 is 41.1 Å². The second-order valence-electron chi connectivity index (χ2n) is 10.2. The molecule has 0 saturated heterocycles. The van der Waals surface area contributed by atoms with E-state index in [0.29, 0.717) is 17.0 Å². The molecule has 1 aliphatic heterocycles. The molecule has 10 nitrogen and oxygen atoms in total. The summed E-state index contributed by atoms with van der Waals surface area (Å²) in [5.74, 6) is -0.485. The van der Waals surface area contributed by atoms with Crippen LogP contribution in [0.5, 0.6) is 11.5 Å². The van der Waals surface area contributed by atoms with Crippen molar-refractivity contribution in [3.05, 3.63) is 77.0 Å². The van der Waals surface area contributed by atoms with Gasteiger partial charge in [-0.3, -0.25) is 4.79 Å². The van der Waals surface area contributed by atoms with Crippen molar-refractivity contribution in [3.63, 3.8) is 0 Å². The number of pyridine rings is 1. The Morgan fingerprint density at radius 1 is 1.12 bits per heavy atom. The van der Waals surface area contributed by atoms with Gasteiger partial charge in [-0.2, -0.15) is 18.2 Å². The van der Waals surface area contributed by atoms with Crippen LogP contribution >= 0.6 is 0 Å². The Labute approximate surface area is 243 Å². The first-order chi connectivity index (χ1) is 20.3. The molecule has 0 spiro atoms. The first-order valence-electron chi connectivity index (χ1n) is 12.9. The van der Waals surface area contributed by atoms with Gasteiger partial charge in [-0.1, -0.05) is 5.16 Å². The average molecular weight is 602 g/mol. The summed E-state index contributed by atoms with van der Waals surface area (Å²) >= 11 is 0. The Balaban J connectivity index is 1.53. The molecule has 3 heterocycles. The monoisotopic (exact) mass is 601 g/mol. The van der Waals surface area contributed by atoms with Crippen LogP contribution in [0.15, 0.2) is 53.1 Å². The highest BCUT2D eigenvalue weighted by Crippen LogP contribution is 2.47. The first kappa shape index (κ1) is 29.9. The number of nitrogens with two attached hydrogens (primary N) is 1. The summed E-state index contributed by atoms with van der Waals surface area (Å²) in [7, 11) is 2.23. The van der Waals surface area contributed by atoms with E-state index in [1.807, 2.05) is 0 Å². The number of fused-ring (bicyclic) bond motifs is 1. The number of benzene rings is 2. The van der Waals surface area contributed by atoms with Crippen LogP contribution in [0, 0.1) is 12.7 Å². The minimum Gasteiger partial charge on any atom is -0.496 e. The lowest BCUT2D eigenvalue weighted by Crippen LogP contribution is -2.53. The van der Waals surface area contributed by atoms with Crippen LogP contribution in [-0.2, 0) is 15.9 Å². The molecule has 2 aromatic heterocycles. The third-order valence-electron chi connectivity index (χ3n) is 7.16. The summed E-state index contributed by atoms with van der Waals surface area (Å²) in [5.41, 5.74) is 2.52. The molecule has 2 aromatic carbocycles. The number of nitrogens with zero attached hydrogens (tertiary/aromatic N) is 3. The van der Waals surface area contributed by atoms with Gasteiger partial charge in [0, 0.05) is 23.8 Å². The Morgan fingerprint density at radius 2 is 1.84 bits per heavy atom. The van der Waals surface area contributed by atoms with Crippen molar-refractivity contribution >= 4 is 5.91 Å². The Kier molecular flexibility index (Phi) is 7.60. The molecule has 43 heavy (non-hydrogen) atoms. The third-order valence-corrected chi connectivity index (χ3v) is 7.16. The average Bonchev–Trinajstić information content (AvgIpc) is 3.54. The van der Waals surface area contributed by atoms with Crippen molar-refractivity contribution in [3.8, 4) is 34.2 Å². The van der Waals surface area contributed by atoms with Gasteiger partial charge in [0.1, 0.15) is 23.9 Å². The SMILES string of the molecule is COc1cc(C(=O)NCC(OC)(c2cc3c(c(-c4ccc(F)cc4)n2)OCC3(C)N)C(F)(F)F)ccc1-c1nc(C)no1. The zero-order chi connectivity index (χ0) is 31.2. The van der Waals surface area contributed by atoms with Gasteiger partial charge in [0.15, 0.2) is 11.6 Å². The van der Waals surface area contributed by atoms with Gasteiger partial charge in [0.05, 0.1) is 30.5 Å². The second-order valence-corrected chi connectivity index (χ2v) is 10.2. The summed E-state index contributed by atoms with van der Waals surface area (Å²) in [6, 6.07) is 10.4. The number of alkyl halides is 3. The van der Waals surface area contributed by atoms with E-state index in [1.165, 1.54) is 43.5 Å². The number of aryl methyl sites for hydroxylation is 1. The van der Waals surface area contributed by atoms with Gasteiger partial charge in [-0.25, -0.2) is 9.37 Å². The van der Waals surface area contributed by atoms with Crippen LogP contribution in [0.25, 0.3) is 22.7 Å². The van der Waals surface area contributed by atoms with Crippen LogP contribution in [0.3, 0.4) is 0 Å². The van der Waals surface area contributed by atoms with Crippen LogP contribution in [0.4, 0.5) is 17.6 Å². The molecule has 0 bridgehead atoms. The zero-order valence-corrected chi connectivity index (χ0v) is 23.5. The van der Waals surface area contributed by atoms with Gasteiger partial charge in [-0.15, -0.1) is 0 Å². The van der Waals surface area contributed by atoms with Crippen LogP contribution in [-0.4, -0.2) is 54.6 Å². The molecular weight excluding hydrogens is 574 g/mol. The molecule has 14 heteroatoms. The number of hydrogen-bond donors (Lipinski definition) is 2. The van der Waals surface area contributed by atoms with Crippen molar-refractivity contribution in [1.29, 1.82) is 0 Å². The van der Waals surface area contributed by atoms with E-state index in [9.17, 15) is 22.4 Å².